The molecule has 0 aliphatic carbocycles. The van der Waals surface area contributed by atoms with E-state index in [9.17, 15) is 0 Å². The van der Waals surface area contributed by atoms with Crippen LogP contribution in [0, 0.1) is 29.1 Å². The van der Waals surface area contributed by atoms with E-state index in [1.54, 1.807) is 0 Å². The second-order valence-electron chi connectivity index (χ2n) is 7.95. The summed E-state index contributed by atoms with van der Waals surface area (Å²) in [5.74, 6) is 3.08. The van der Waals surface area contributed by atoms with Crippen molar-refractivity contribution in [3.8, 4) is 0 Å². The van der Waals surface area contributed by atoms with Gasteiger partial charge < -0.3 is 5.73 Å². The van der Waals surface area contributed by atoms with Crippen LogP contribution in [-0.2, 0) is 0 Å². The van der Waals surface area contributed by atoms with Gasteiger partial charge in [-0.05, 0) is 48.9 Å². The van der Waals surface area contributed by atoms with Crippen LogP contribution >= 0.6 is 0 Å². The Hall–Kier alpha value is -0.0400. The van der Waals surface area contributed by atoms with Crippen LogP contribution in [0.2, 0.25) is 0 Å². The first kappa shape index (κ1) is 20.0. The van der Waals surface area contributed by atoms with Gasteiger partial charge in [0.2, 0.25) is 0 Å². The molecule has 20 heavy (non-hydrogen) atoms. The summed E-state index contributed by atoms with van der Waals surface area (Å²) in [6.07, 6.45) is 6.52. The van der Waals surface area contributed by atoms with Gasteiger partial charge in [-0.25, -0.2) is 0 Å². The quantitative estimate of drug-likeness (QED) is 0.532. The molecular formula is C19H41N. The van der Waals surface area contributed by atoms with Crippen molar-refractivity contribution in [3.05, 3.63) is 0 Å². The third-order valence-corrected chi connectivity index (χ3v) is 5.78. The van der Waals surface area contributed by atoms with Gasteiger partial charge in [0.05, 0.1) is 0 Å². The van der Waals surface area contributed by atoms with E-state index in [1.165, 1.54) is 32.1 Å². The highest BCUT2D eigenvalue weighted by Gasteiger charge is 2.38. The van der Waals surface area contributed by atoms with Crippen molar-refractivity contribution in [1.82, 2.24) is 0 Å². The minimum atomic E-state index is 0.306. The lowest BCUT2D eigenvalue weighted by atomic mass is 9.62. The van der Waals surface area contributed by atoms with E-state index < -0.39 is 0 Å². The first-order chi connectivity index (χ1) is 9.18. The number of hydrogen-bond donors (Lipinski definition) is 1. The number of hydrogen-bond acceptors (Lipinski definition) is 1. The standard InChI is InChI=1S/C19H41N/c1-9-18(17(7)20)19(8,10-2)16(6)12-11-15(5)13-14(3)4/h14-18H,9-13,20H2,1-8H3/t15?,16-,17+,18?,19?/m0/s1. The van der Waals surface area contributed by atoms with Crippen LogP contribution in [-0.4, -0.2) is 6.04 Å². The molecule has 0 amide bonds. The summed E-state index contributed by atoms with van der Waals surface area (Å²) in [6, 6.07) is 0.306. The molecular weight excluding hydrogens is 242 g/mol. The fourth-order valence-electron chi connectivity index (χ4n) is 4.20. The Labute approximate surface area is 129 Å². The van der Waals surface area contributed by atoms with Gasteiger partial charge in [0, 0.05) is 6.04 Å². The minimum absolute atomic E-state index is 0.306. The molecule has 0 aromatic carbocycles. The van der Waals surface area contributed by atoms with Gasteiger partial charge >= 0.3 is 0 Å². The zero-order valence-electron chi connectivity index (χ0n) is 15.5. The van der Waals surface area contributed by atoms with Crippen molar-refractivity contribution in [1.29, 1.82) is 0 Å². The van der Waals surface area contributed by atoms with E-state index in [4.69, 9.17) is 5.73 Å². The molecule has 0 aliphatic rings. The number of nitrogens with two attached hydrogens (primary N) is 1. The molecule has 0 radical (unpaired) electrons. The second kappa shape index (κ2) is 9.07. The molecule has 0 saturated heterocycles. The molecule has 1 nitrogen and oxygen atoms in total. The van der Waals surface area contributed by atoms with Crippen molar-refractivity contribution in [2.75, 3.05) is 0 Å². The molecule has 0 aliphatic heterocycles. The van der Waals surface area contributed by atoms with E-state index in [0.29, 0.717) is 17.4 Å². The topological polar surface area (TPSA) is 26.0 Å². The molecule has 5 atom stereocenters. The Bertz CT molecular complexity index is 246. The van der Waals surface area contributed by atoms with Crippen molar-refractivity contribution in [2.45, 2.75) is 93.5 Å². The molecule has 0 rings (SSSR count). The van der Waals surface area contributed by atoms with Crippen molar-refractivity contribution < 1.29 is 0 Å². The van der Waals surface area contributed by atoms with E-state index in [1.807, 2.05) is 0 Å². The van der Waals surface area contributed by atoms with Crippen LogP contribution in [0.15, 0.2) is 0 Å². The molecule has 2 N–H and O–H groups in total. The van der Waals surface area contributed by atoms with E-state index in [0.717, 1.165) is 17.8 Å². The summed E-state index contributed by atoms with van der Waals surface area (Å²) in [4.78, 5) is 0. The summed E-state index contributed by atoms with van der Waals surface area (Å²) in [6.45, 7) is 18.8. The summed E-state index contributed by atoms with van der Waals surface area (Å²) in [5, 5.41) is 0. The lowest BCUT2D eigenvalue weighted by Gasteiger charge is -2.44. The van der Waals surface area contributed by atoms with Crippen LogP contribution in [0.4, 0.5) is 0 Å². The Balaban J connectivity index is 4.63. The van der Waals surface area contributed by atoms with Crippen molar-refractivity contribution in [3.63, 3.8) is 0 Å². The van der Waals surface area contributed by atoms with Gasteiger partial charge in [-0.15, -0.1) is 0 Å². The average molecular weight is 284 g/mol. The van der Waals surface area contributed by atoms with Crippen LogP contribution < -0.4 is 5.73 Å². The van der Waals surface area contributed by atoms with Crippen LogP contribution in [0.25, 0.3) is 0 Å². The lowest BCUT2D eigenvalue weighted by Crippen LogP contribution is -2.42. The third-order valence-electron chi connectivity index (χ3n) is 5.78. The average Bonchev–Trinajstić information content (AvgIpc) is 2.34. The first-order valence-corrected chi connectivity index (χ1v) is 8.94. The highest BCUT2D eigenvalue weighted by Crippen LogP contribution is 2.44. The maximum absolute atomic E-state index is 6.27. The third kappa shape index (κ3) is 5.76. The number of rotatable bonds is 10. The van der Waals surface area contributed by atoms with Gasteiger partial charge in [-0.3, -0.25) is 0 Å². The van der Waals surface area contributed by atoms with Crippen LogP contribution in [0.1, 0.15) is 87.5 Å². The molecule has 0 spiro atoms. The molecule has 0 fully saturated rings. The summed E-state index contributed by atoms with van der Waals surface area (Å²) in [5.41, 5.74) is 6.66. The maximum atomic E-state index is 6.27. The zero-order chi connectivity index (χ0) is 15.9. The Kier molecular flexibility index (Phi) is 9.06. The monoisotopic (exact) mass is 283 g/mol. The van der Waals surface area contributed by atoms with Gasteiger partial charge in [-0.1, -0.05) is 67.7 Å². The second-order valence-corrected chi connectivity index (χ2v) is 7.95. The molecule has 0 saturated carbocycles. The highest BCUT2D eigenvalue weighted by atomic mass is 14.7. The van der Waals surface area contributed by atoms with E-state index in [-0.39, 0.29) is 0 Å². The van der Waals surface area contributed by atoms with Gasteiger partial charge in [0.1, 0.15) is 0 Å². The van der Waals surface area contributed by atoms with Crippen molar-refractivity contribution >= 4 is 0 Å². The smallest absolute Gasteiger partial charge is 0.00439 e. The van der Waals surface area contributed by atoms with Crippen LogP contribution in [0.5, 0.6) is 0 Å². The summed E-state index contributed by atoms with van der Waals surface area (Å²) in [7, 11) is 0. The molecule has 0 aromatic rings. The normalized spacial score (nSPS) is 21.3. The van der Waals surface area contributed by atoms with Crippen LogP contribution in [0.3, 0.4) is 0 Å². The van der Waals surface area contributed by atoms with E-state index in [2.05, 4.69) is 55.4 Å². The summed E-state index contributed by atoms with van der Waals surface area (Å²) >= 11 is 0. The molecule has 122 valence electrons. The SMILES string of the molecule is CCC([C@@H](C)N)C(C)(CC)[C@@H](C)CCC(C)CC(C)C. The van der Waals surface area contributed by atoms with Gasteiger partial charge in [0.25, 0.3) is 0 Å². The molecule has 0 bridgehead atoms. The summed E-state index contributed by atoms with van der Waals surface area (Å²) < 4.78 is 0. The molecule has 1 heteroatoms. The lowest BCUT2D eigenvalue weighted by molar-refractivity contribution is 0.0672. The predicted molar refractivity (Wildman–Crippen MR) is 92.8 cm³/mol. The molecule has 0 heterocycles. The zero-order valence-corrected chi connectivity index (χ0v) is 15.5. The minimum Gasteiger partial charge on any atom is -0.328 e. The maximum Gasteiger partial charge on any atom is 0.00439 e. The Morgan fingerprint density at radius 1 is 0.950 bits per heavy atom. The predicted octanol–water partition coefficient (Wildman–Crippen LogP) is 5.87. The Morgan fingerprint density at radius 3 is 1.85 bits per heavy atom. The van der Waals surface area contributed by atoms with Gasteiger partial charge in [-0.2, -0.15) is 0 Å². The van der Waals surface area contributed by atoms with Crippen molar-refractivity contribution in [2.24, 2.45) is 34.8 Å². The molecule has 3 unspecified atom stereocenters. The first-order valence-electron chi connectivity index (χ1n) is 8.94. The van der Waals surface area contributed by atoms with Gasteiger partial charge in [0.15, 0.2) is 0 Å². The fraction of sp³-hybridized carbons (Fsp3) is 1.00. The fourth-order valence-corrected chi connectivity index (χ4v) is 4.20. The highest BCUT2D eigenvalue weighted by molar-refractivity contribution is 4.89. The Morgan fingerprint density at radius 2 is 1.50 bits per heavy atom. The largest absolute Gasteiger partial charge is 0.328 e. The molecule has 0 aromatic heterocycles. The van der Waals surface area contributed by atoms with E-state index >= 15 is 0 Å².